The molecule has 2 aliphatic rings. The number of amides is 3. The van der Waals surface area contributed by atoms with E-state index in [1.54, 1.807) is 19.1 Å². The van der Waals surface area contributed by atoms with Crippen LogP contribution in [0.25, 0.3) is 0 Å². The number of nitrogens with zero attached hydrogens (tertiary/aromatic N) is 3. The summed E-state index contributed by atoms with van der Waals surface area (Å²) in [5.74, 6) is 2.19. The quantitative estimate of drug-likeness (QED) is 0.355. The molecule has 38 heavy (non-hydrogen) atoms. The van der Waals surface area contributed by atoms with Crippen molar-refractivity contribution < 1.29 is 23.8 Å². The van der Waals surface area contributed by atoms with Gasteiger partial charge in [0.05, 0.1) is 33.8 Å². The van der Waals surface area contributed by atoms with Crippen LogP contribution in [0.5, 0.6) is 17.2 Å². The Morgan fingerprint density at radius 3 is 2.39 bits per heavy atom. The van der Waals surface area contributed by atoms with Crippen molar-refractivity contribution in [3.63, 3.8) is 0 Å². The molecule has 0 N–H and O–H groups in total. The number of hydrogen-bond acceptors (Lipinski definition) is 5. The van der Waals surface area contributed by atoms with E-state index in [0.717, 1.165) is 68.4 Å². The number of likely N-dealkylation sites (tertiary alicyclic amines) is 1. The Kier molecular flexibility index (Phi) is 9.73. The molecule has 2 saturated heterocycles. The lowest BCUT2D eigenvalue weighted by Crippen LogP contribution is -2.49. The molecule has 8 heteroatoms. The number of benzene rings is 2. The number of anilines is 1. The van der Waals surface area contributed by atoms with Gasteiger partial charge in [-0.15, -0.1) is 0 Å². The fraction of sp³-hybridized carbons (Fsp3) is 0.533. The number of carbonyl (C=O) groups excluding carboxylic acids is 2. The van der Waals surface area contributed by atoms with Crippen molar-refractivity contribution in [2.75, 3.05) is 51.9 Å². The van der Waals surface area contributed by atoms with E-state index in [9.17, 15) is 9.59 Å². The molecule has 0 spiro atoms. The number of ether oxygens (including phenoxy) is 3. The predicted octanol–water partition coefficient (Wildman–Crippen LogP) is 5.27. The highest BCUT2D eigenvalue weighted by atomic mass is 16.5. The maximum Gasteiger partial charge on any atom is 0.324 e. The molecular formula is C30H41N3O5. The topological polar surface area (TPSA) is 71.5 Å². The van der Waals surface area contributed by atoms with Gasteiger partial charge in [-0.05, 0) is 49.4 Å². The summed E-state index contributed by atoms with van der Waals surface area (Å²) in [7, 11) is 3.26. The maximum atomic E-state index is 13.5. The van der Waals surface area contributed by atoms with Gasteiger partial charge in [-0.2, -0.15) is 0 Å². The van der Waals surface area contributed by atoms with E-state index in [2.05, 4.69) is 6.92 Å². The lowest BCUT2D eigenvalue weighted by Gasteiger charge is -2.36. The van der Waals surface area contributed by atoms with Crippen molar-refractivity contribution >= 4 is 17.6 Å². The molecule has 206 valence electrons. The zero-order chi connectivity index (χ0) is 26.9. The molecule has 2 aromatic carbocycles. The summed E-state index contributed by atoms with van der Waals surface area (Å²) >= 11 is 0. The highest BCUT2D eigenvalue weighted by Gasteiger charge is 2.28. The summed E-state index contributed by atoms with van der Waals surface area (Å²) in [5.41, 5.74) is 2.65. The normalized spacial score (nSPS) is 15.7. The second kappa shape index (κ2) is 13.4. The van der Waals surface area contributed by atoms with Gasteiger partial charge in [0.1, 0.15) is 5.75 Å². The third-order valence-corrected chi connectivity index (χ3v) is 7.30. The first-order chi connectivity index (χ1) is 18.5. The van der Waals surface area contributed by atoms with E-state index >= 15 is 0 Å². The van der Waals surface area contributed by atoms with Gasteiger partial charge in [0.25, 0.3) is 0 Å². The molecule has 8 nitrogen and oxygen atoms in total. The SMILES string of the molecule is CCCCCOc1cc(N2CCCN(Cc3ccc(CC(=O)N4CCCC4)cc3OC)C2=O)ccc1OC. The molecule has 0 unspecified atom stereocenters. The number of carbonyl (C=O) groups is 2. The number of hydrogen-bond donors (Lipinski definition) is 0. The Labute approximate surface area is 226 Å². The minimum absolute atomic E-state index is 0.0475. The molecule has 0 atom stereocenters. The fourth-order valence-electron chi connectivity index (χ4n) is 5.14. The number of rotatable bonds is 12. The van der Waals surface area contributed by atoms with E-state index in [-0.39, 0.29) is 11.9 Å². The summed E-state index contributed by atoms with van der Waals surface area (Å²) in [5, 5.41) is 0. The molecule has 4 rings (SSSR count). The van der Waals surface area contributed by atoms with Crippen molar-refractivity contribution in [1.29, 1.82) is 0 Å². The molecule has 0 bridgehead atoms. The van der Waals surface area contributed by atoms with Crippen LogP contribution < -0.4 is 19.1 Å². The van der Waals surface area contributed by atoms with Gasteiger partial charge in [-0.3, -0.25) is 9.69 Å². The van der Waals surface area contributed by atoms with Crippen molar-refractivity contribution in [3.8, 4) is 17.2 Å². The van der Waals surface area contributed by atoms with Crippen LogP contribution in [-0.2, 0) is 17.8 Å². The van der Waals surface area contributed by atoms with E-state index in [1.165, 1.54) is 0 Å². The Morgan fingerprint density at radius 1 is 0.868 bits per heavy atom. The number of methoxy groups -OCH3 is 2. The number of urea groups is 1. The van der Waals surface area contributed by atoms with Crippen LogP contribution >= 0.6 is 0 Å². The predicted molar refractivity (Wildman–Crippen MR) is 148 cm³/mol. The van der Waals surface area contributed by atoms with Gasteiger partial charge in [0.2, 0.25) is 5.91 Å². The molecule has 0 radical (unpaired) electrons. The summed E-state index contributed by atoms with van der Waals surface area (Å²) in [6.07, 6.45) is 6.61. The largest absolute Gasteiger partial charge is 0.496 e. The Hall–Kier alpha value is -3.42. The zero-order valence-electron chi connectivity index (χ0n) is 23.0. The first-order valence-corrected chi connectivity index (χ1v) is 13.8. The highest BCUT2D eigenvalue weighted by molar-refractivity contribution is 5.93. The summed E-state index contributed by atoms with van der Waals surface area (Å²) < 4.78 is 17.2. The minimum atomic E-state index is -0.0475. The van der Waals surface area contributed by atoms with Crippen LogP contribution in [0.1, 0.15) is 56.6 Å². The molecule has 3 amide bonds. The third kappa shape index (κ3) is 6.71. The van der Waals surface area contributed by atoms with E-state index < -0.39 is 0 Å². The third-order valence-electron chi connectivity index (χ3n) is 7.30. The van der Waals surface area contributed by atoms with Gasteiger partial charge in [0.15, 0.2) is 11.5 Å². The minimum Gasteiger partial charge on any atom is -0.496 e. The molecule has 2 aromatic rings. The molecule has 2 fully saturated rings. The maximum absolute atomic E-state index is 13.5. The Bertz CT molecular complexity index is 1100. The Balaban J connectivity index is 1.44. The average Bonchev–Trinajstić information content (AvgIpc) is 3.48. The second-order valence-electron chi connectivity index (χ2n) is 10.0. The van der Waals surface area contributed by atoms with E-state index in [1.807, 2.05) is 46.2 Å². The van der Waals surface area contributed by atoms with Crippen LogP contribution in [0.15, 0.2) is 36.4 Å². The average molecular weight is 524 g/mol. The van der Waals surface area contributed by atoms with Crippen LogP contribution in [0, 0.1) is 0 Å². The van der Waals surface area contributed by atoms with Gasteiger partial charge < -0.3 is 24.0 Å². The zero-order valence-corrected chi connectivity index (χ0v) is 23.0. The standard InChI is InChI=1S/C30H41N3O5/c1-4-5-8-18-38-28-21-25(12-13-26(28)36-2)33-17-9-16-32(30(33)35)22-24-11-10-23(19-27(24)37-3)20-29(34)31-14-6-7-15-31/h10-13,19,21H,4-9,14-18,20,22H2,1-3H3. The van der Waals surface area contributed by atoms with Crippen LogP contribution in [0.4, 0.5) is 10.5 Å². The molecule has 2 aliphatic heterocycles. The summed E-state index contributed by atoms with van der Waals surface area (Å²) in [6, 6.07) is 11.5. The lowest BCUT2D eigenvalue weighted by atomic mass is 10.1. The van der Waals surface area contributed by atoms with E-state index in [0.29, 0.717) is 49.9 Å². The van der Waals surface area contributed by atoms with Crippen LogP contribution in [-0.4, -0.2) is 68.7 Å². The molecule has 0 aliphatic carbocycles. The summed E-state index contributed by atoms with van der Waals surface area (Å²) in [6.45, 7) is 6.23. The van der Waals surface area contributed by atoms with E-state index in [4.69, 9.17) is 14.2 Å². The number of unbranched alkanes of at least 4 members (excludes halogenated alkanes) is 2. The highest BCUT2D eigenvalue weighted by Crippen LogP contribution is 2.34. The monoisotopic (exact) mass is 523 g/mol. The van der Waals surface area contributed by atoms with Crippen LogP contribution in [0.3, 0.4) is 0 Å². The van der Waals surface area contributed by atoms with Crippen LogP contribution in [0.2, 0.25) is 0 Å². The van der Waals surface area contributed by atoms with Crippen molar-refractivity contribution in [3.05, 3.63) is 47.5 Å². The summed E-state index contributed by atoms with van der Waals surface area (Å²) in [4.78, 5) is 31.7. The Morgan fingerprint density at radius 2 is 1.66 bits per heavy atom. The first-order valence-electron chi connectivity index (χ1n) is 13.8. The van der Waals surface area contributed by atoms with Gasteiger partial charge in [-0.1, -0.05) is 31.9 Å². The molecule has 2 heterocycles. The van der Waals surface area contributed by atoms with Gasteiger partial charge in [-0.25, -0.2) is 4.79 Å². The van der Waals surface area contributed by atoms with Crippen molar-refractivity contribution in [2.45, 2.75) is 58.4 Å². The van der Waals surface area contributed by atoms with Crippen molar-refractivity contribution in [1.82, 2.24) is 9.80 Å². The first kappa shape index (κ1) is 27.6. The van der Waals surface area contributed by atoms with Gasteiger partial charge in [0, 0.05) is 43.5 Å². The molecule has 0 saturated carbocycles. The second-order valence-corrected chi connectivity index (χ2v) is 10.0. The smallest absolute Gasteiger partial charge is 0.324 e. The van der Waals surface area contributed by atoms with Crippen molar-refractivity contribution in [2.24, 2.45) is 0 Å². The van der Waals surface area contributed by atoms with Gasteiger partial charge >= 0.3 is 6.03 Å². The molecule has 0 aromatic heterocycles. The lowest BCUT2D eigenvalue weighted by molar-refractivity contribution is -0.129. The fourth-order valence-corrected chi connectivity index (χ4v) is 5.14. The molecular weight excluding hydrogens is 482 g/mol.